The van der Waals surface area contributed by atoms with Crippen LogP contribution in [0.15, 0.2) is 24.3 Å². The molecule has 0 aliphatic rings. The lowest BCUT2D eigenvalue weighted by Crippen LogP contribution is -2.30. The van der Waals surface area contributed by atoms with Gasteiger partial charge in [0.15, 0.2) is 0 Å². The molecule has 0 heterocycles. The van der Waals surface area contributed by atoms with Crippen molar-refractivity contribution in [1.29, 1.82) is 0 Å². The summed E-state index contributed by atoms with van der Waals surface area (Å²) in [5.41, 5.74) is 0.797. The maximum atomic E-state index is 12.9. The predicted molar refractivity (Wildman–Crippen MR) is 61.8 cm³/mol. The smallest absolute Gasteiger partial charge is 0.123 e. The second-order valence-electron chi connectivity index (χ2n) is 3.80. The van der Waals surface area contributed by atoms with Crippen LogP contribution in [0.2, 0.25) is 0 Å². The zero-order chi connectivity index (χ0) is 12.0. The lowest BCUT2D eigenvalue weighted by Gasteiger charge is -2.21. The predicted octanol–water partition coefficient (Wildman–Crippen LogP) is 2.54. The van der Waals surface area contributed by atoms with Crippen LogP contribution in [0.1, 0.15) is 25.8 Å². The summed E-state index contributed by atoms with van der Waals surface area (Å²) in [6, 6.07) is 6.31. The molecule has 0 radical (unpaired) electrons. The van der Waals surface area contributed by atoms with Crippen molar-refractivity contribution < 1.29 is 14.2 Å². The van der Waals surface area contributed by atoms with Crippen LogP contribution in [0.5, 0.6) is 0 Å². The highest BCUT2D eigenvalue weighted by Crippen LogP contribution is 2.12. The molecule has 1 aromatic carbocycles. The zero-order valence-electron chi connectivity index (χ0n) is 9.82. The van der Waals surface area contributed by atoms with E-state index in [1.807, 2.05) is 19.9 Å². The molecule has 0 saturated heterocycles. The third kappa shape index (κ3) is 3.91. The van der Waals surface area contributed by atoms with E-state index in [9.17, 15) is 9.50 Å². The molecule has 1 rings (SSSR count). The zero-order valence-corrected chi connectivity index (χ0v) is 9.82. The van der Waals surface area contributed by atoms with Crippen molar-refractivity contribution in [2.45, 2.75) is 38.9 Å². The highest BCUT2D eigenvalue weighted by Gasteiger charge is 2.17. The maximum Gasteiger partial charge on any atom is 0.123 e. The quantitative estimate of drug-likeness (QED) is 0.807. The molecular weight excluding hydrogens is 207 g/mol. The fourth-order valence-corrected chi connectivity index (χ4v) is 1.75. The lowest BCUT2D eigenvalue weighted by molar-refractivity contribution is -0.0334. The molecule has 16 heavy (non-hydrogen) atoms. The highest BCUT2D eigenvalue weighted by molar-refractivity contribution is 5.17. The van der Waals surface area contributed by atoms with Gasteiger partial charge < -0.3 is 9.84 Å². The molecule has 90 valence electrons. The Morgan fingerprint density at radius 3 is 2.69 bits per heavy atom. The molecule has 2 atom stereocenters. The summed E-state index contributed by atoms with van der Waals surface area (Å²) in [5.74, 6) is -0.269. The normalized spacial score (nSPS) is 14.8. The first-order valence-electron chi connectivity index (χ1n) is 5.71. The molecule has 1 N–H and O–H groups in total. The molecule has 3 heteroatoms. The van der Waals surface area contributed by atoms with Gasteiger partial charge in [-0.2, -0.15) is 0 Å². The molecule has 0 amide bonds. The Morgan fingerprint density at radius 2 is 2.12 bits per heavy atom. The molecule has 0 saturated carbocycles. The van der Waals surface area contributed by atoms with Crippen molar-refractivity contribution in [3.63, 3.8) is 0 Å². The number of benzene rings is 1. The van der Waals surface area contributed by atoms with Gasteiger partial charge in [0.2, 0.25) is 0 Å². The van der Waals surface area contributed by atoms with E-state index in [2.05, 4.69) is 0 Å². The molecule has 0 bridgehead atoms. The summed E-state index contributed by atoms with van der Waals surface area (Å²) < 4.78 is 18.3. The summed E-state index contributed by atoms with van der Waals surface area (Å²) >= 11 is 0. The number of ether oxygens (including phenoxy) is 1. The fraction of sp³-hybridized carbons (Fsp3) is 0.538. The molecular formula is C13H19FO2. The molecule has 1 aromatic rings. The van der Waals surface area contributed by atoms with Gasteiger partial charge in [0.05, 0.1) is 12.2 Å². The van der Waals surface area contributed by atoms with Gasteiger partial charge in [0, 0.05) is 13.0 Å². The minimum atomic E-state index is -0.577. The van der Waals surface area contributed by atoms with Crippen LogP contribution >= 0.6 is 0 Å². The van der Waals surface area contributed by atoms with Crippen molar-refractivity contribution in [2.24, 2.45) is 0 Å². The van der Waals surface area contributed by atoms with Crippen molar-refractivity contribution in [1.82, 2.24) is 0 Å². The van der Waals surface area contributed by atoms with Crippen LogP contribution in [-0.4, -0.2) is 23.9 Å². The second kappa shape index (κ2) is 6.61. The molecule has 0 spiro atoms. The molecule has 0 aliphatic heterocycles. The first-order chi connectivity index (χ1) is 7.67. The first-order valence-corrected chi connectivity index (χ1v) is 5.71. The van der Waals surface area contributed by atoms with Crippen molar-refractivity contribution in [3.8, 4) is 0 Å². The average Bonchev–Trinajstić information content (AvgIpc) is 2.25. The van der Waals surface area contributed by atoms with Gasteiger partial charge in [0.1, 0.15) is 5.82 Å². The molecule has 0 aromatic heterocycles. The van der Waals surface area contributed by atoms with E-state index in [0.717, 1.165) is 12.0 Å². The van der Waals surface area contributed by atoms with Crippen LogP contribution in [0, 0.1) is 5.82 Å². The Hall–Kier alpha value is -0.930. The van der Waals surface area contributed by atoms with E-state index < -0.39 is 6.10 Å². The Kier molecular flexibility index (Phi) is 5.43. The Labute approximate surface area is 96.1 Å². The van der Waals surface area contributed by atoms with Crippen LogP contribution in [-0.2, 0) is 11.2 Å². The van der Waals surface area contributed by atoms with E-state index in [1.165, 1.54) is 12.1 Å². The first kappa shape index (κ1) is 13.1. The van der Waals surface area contributed by atoms with Gasteiger partial charge in [-0.3, -0.25) is 0 Å². The highest BCUT2D eigenvalue weighted by atomic mass is 19.1. The summed E-state index contributed by atoms with van der Waals surface area (Å²) in [6.45, 7) is 4.45. The summed E-state index contributed by atoms with van der Waals surface area (Å²) in [7, 11) is 0. The Bertz CT molecular complexity index is 315. The third-order valence-electron chi connectivity index (χ3n) is 2.55. The maximum absolute atomic E-state index is 12.9. The van der Waals surface area contributed by atoms with Crippen molar-refractivity contribution in [2.75, 3.05) is 6.61 Å². The largest absolute Gasteiger partial charge is 0.390 e. The number of rotatable bonds is 6. The van der Waals surface area contributed by atoms with Gasteiger partial charge in [-0.15, -0.1) is 0 Å². The van der Waals surface area contributed by atoms with Crippen LogP contribution in [0.3, 0.4) is 0 Å². The molecule has 2 nitrogen and oxygen atoms in total. The van der Waals surface area contributed by atoms with E-state index in [0.29, 0.717) is 13.0 Å². The molecule has 0 aliphatic carbocycles. The standard InChI is InChI=1S/C13H19FO2/c1-3-13(16-4-2)12(15)9-10-6-5-7-11(14)8-10/h5-8,12-13,15H,3-4,9H2,1-2H3. The summed E-state index contributed by atoms with van der Waals surface area (Å²) in [5, 5.41) is 9.94. The fourth-order valence-electron chi connectivity index (χ4n) is 1.75. The van der Waals surface area contributed by atoms with Crippen LogP contribution in [0.4, 0.5) is 4.39 Å². The van der Waals surface area contributed by atoms with Crippen LogP contribution < -0.4 is 0 Å². The monoisotopic (exact) mass is 226 g/mol. The average molecular weight is 226 g/mol. The topological polar surface area (TPSA) is 29.5 Å². The van der Waals surface area contributed by atoms with Gasteiger partial charge in [-0.25, -0.2) is 4.39 Å². The number of aliphatic hydroxyl groups excluding tert-OH is 1. The minimum Gasteiger partial charge on any atom is -0.390 e. The molecule has 0 fully saturated rings. The lowest BCUT2D eigenvalue weighted by atomic mass is 10.0. The Morgan fingerprint density at radius 1 is 1.38 bits per heavy atom. The third-order valence-corrected chi connectivity index (χ3v) is 2.55. The van der Waals surface area contributed by atoms with Crippen molar-refractivity contribution in [3.05, 3.63) is 35.6 Å². The SMILES string of the molecule is CCOC(CC)C(O)Cc1cccc(F)c1. The van der Waals surface area contributed by atoms with Gasteiger partial charge in [-0.05, 0) is 31.0 Å². The summed E-state index contributed by atoms with van der Waals surface area (Å²) in [6.07, 6.45) is 0.431. The van der Waals surface area contributed by atoms with Crippen molar-refractivity contribution >= 4 is 0 Å². The van der Waals surface area contributed by atoms with E-state index in [1.54, 1.807) is 6.07 Å². The van der Waals surface area contributed by atoms with Gasteiger partial charge >= 0.3 is 0 Å². The number of hydrogen-bond acceptors (Lipinski definition) is 2. The number of aliphatic hydroxyl groups is 1. The van der Waals surface area contributed by atoms with E-state index >= 15 is 0 Å². The number of halogens is 1. The molecule has 2 unspecified atom stereocenters. The van der Waals surface area contributed by atoms with Crippen LogP contribution in [0.25, 0.3) is 0 Å². The van der Waals surface area contributed by atoms with E-state index in [-0.39, 0.29) is 11.9 Å². The van der Waals surface area contributed by atoms with E-state index in [4.69, 9.17) is 4.74 Å². The number of hydrogen-bond donors (Lipinski definition) is 1. The Balaban J connectivity index is 2.58. The summed E-state index contributed by atoms with van der Waals surface area (Å²) in [4.78, 5) is 0. The van der Waals surface area contributed by atoms with Gasteiger partial charge in [0.25, 0.3) is 0 Å². The van der Waals surface area contributed by atoms with Gasteiger partial charge in [-0.1, -0.05) is 19.1 Å². The second-order valence-corrected chi connectivity index (χ2v) is 3.80. The minimum absolute atomic E-state index is 0.173.